The van der Waals surface area contributed by atoms with Gasteiger partial charge in [-0.25, -0.2) is 4.98 Å². The highest BCUT2D eigenvalue weighted by molar-refractivity contribution is 5.81. The Morgan fingerprint density at radius 2 is 1.95 bits per heavy atom. The van der Waals surface area contributed by atoms with E-state index in [-0.39, 0.29) is 12.2 Å². The summed E-state index contributed by atoms with van der Waals surface area (Å²) in [6.45, 7) is 6.95. The number of ether oxygens (including phenoxy) is 1. The summed E-state index contributed by atoms with van der Waals surface area (Å²) in [5.74, 6) is 0.635. The number of nitrogen functional groups attached to an aromatic ring is 1. The first kappa shape index (κ1) is 13.3. The molecule has 0 radical (unpaired) electrons. The Hall–Kier alpha value is -1.65. The Kier molecular flexibility index (Phi) is 3.59. The molecule has 2 aromatic rings. The van der Waals surface area contributed by atoms with Gasteiger partial charge in [0.25, 0.3) is 0 Å². The zero-order valence-corrected chi connectivity index (χ0v) is 12.0. The van der Waals surface area contributed by atoms with Gasteiger partial charge in [-0.05, 0) is 26.0 Å². The van der Waals surface area contributed by atoms with Crippen molar-refractivity contribution in [2.45, 2.75) is 32.6 Å². The molecule has 0 amide bonds. The normalized spacial score (nSPS) is 24.1. The third-order valence-corrected chi connectivity index (χ3v) is 3.73. The van der Waals surface area contributed by atoms with Gasteiger partial charge in [0.15, 0.2) is 0 Å². The summed E-state index contributed by atoms with van der Waals surface area (Å²) in [7, 11) is 0. The number of fused-ring (bicyclic) bond motifs is 1. The molecule has 106 valence electrons. The first-order valence-electron chi connectivity index (χ1n) is 7.14. The molecule has 0 spiro atoms. The molecule has 4 nitrogen and oxygen atoms in total. The molecule has 1 saturated heterocycles. The number of morpholine rings is 1. The molecule has 4 heteroatoms. The first-order chi connectivity index (χ1) is 9.61. The van der Waals surface area contributed by atoms with Crippen molar-refractivity contribution in [2.75, 3.05) is 18.8 Å². The van der Waals surface area contributed by atoms with E-state index in [4.69, 9.17) is 10.5 Å². The van der Waals surface area contributed by atoms with Gasteiger partial charge in [-0.15, -0.1) is 0 Å². The Morgan fingerprint density at radius 3 is 2.70 bits per heavy atom. The van der Waals surface area contributed by atoms with Crippen LogP contribution in [-0.4, -0.2) is 35.2 Å². The number of rotatable bonds is 2. The zero-order chi connectivity index (χ0) is 14.1. The van der Waals surface area contributed by atoms with Crippen molar-refractivity contribution in [3.05, 3.63) is 35.9 Å². The van der Waals surface area contributed by atoms with Crippen LogP contribution >= 0.6 is 0 Å². The molecule has 0 bridgehead atoms. The Bertz CT molecular complexity index is 604. The van der Waals surface area contributed by atoms with Crippen molar-refractivity contribution < 1.29 is 4.74 Å². The van der Waals surface area contributed by atoms with Crippen molar-refractivity contribution in [3.8, 4) is 0 Å². The molecule has 0 saturated carbocycles. The van der Waals surface area contributed by atoms with E-state index in [1.807, 2.05) is 18.2 Å². The van der Waals surface area contributed by atoms with E-state index in [0.29, 0.717) is 5.82 Å². The molecule has 2 heterocycles. The lowest BCUT2D eigenvalue weighted by atomic mass is 10.1. The number of para-hydroxylation sites is 1. The second-order valence-electron chi connectivity index (χ2n) is 5.68. The lowest BCUT2D eigenvalue weighted by Crippen LogP contribution is -2.44. The van der Waals surface area contributed by atoms with E-state index in [9.17, 15) is 0 Å². The average molecular weight is 271 g/mol. The molecule has 2 unspecified atom stereocenters. The van der Waals surface area contributed by atoms with Crippen molar-refractivity contribution in [1.82, 2.24) is 9.88 Å². The third kappa shape index (κ3) is 2.76. The lowest BCUT2D eigenvalue weighted by Gasteiger charge is -2.35. The number of hydrogen-bond acceptors (Lipinski definition) is 4. The summed E-state index contributed by atoms with van der Waals surface area (Å²) in [4.78, 5) is 6.89. The van der Waals surface area contributed by atoms with Crippen LogP contribution in [0.5, 0.6) is 0 Å². The van der Waals surface area contributed by atoms with Gasteiger partial charge in [0, 0.05) is 30.6 Å². The van der Waals surface area contributed by atoms with Crippen LogP contribution in [0.15, 0.2) is 30.3 Å². The maximum absolute atomic E-state index is 6.10. The van der Waals surface area contributed by atoms with Crippen LogP contribution < -0.4 is 5.73 Å². The van der Waals surface area contributed by atoms with E-state index in [2.05, 4.69) is 35.9 Å². The molecular formula is C16H21N3O. The molecule has 0 aliphatic carbocycles. The van der Waals surface area contributed by atoms with E-state index in [1.54, 1.807) is 0 Å². The Balaban J connectivity index is 1.85. The maximum Gasteiger partial charge on any atom is 0.128 e. The summed E-state index contributed by atoms with van der Waals surface area (Å²) in [6.07, 6.45) is 0.543. The van der Waals surface area contributed by atoms with Crippen molar-refractivity contribution >= 4 is 16.7 Å². The highest BCUT2D eigenvalue weighted by atomic mass is 16.5. The van der Waals surface area contributed by atoms with Crippen LogP contribution in [0.25, 0.3) is 10.9 Å². The van der Waals surface area contributed by atoms with Crippen molar-refractivity contribution in [3.63, 3.8) is 0 Å². The number of hydrogen-bond donors (Lipinski definition) is 1. The molecule has 2 N–H and O–H groups in total. The fourth-order valence-corrected chi connectivity index (χ4v) is 2.96. The molecule has 1 aromatic carbocycles. The van der Waals surface area contributed by atoms with Crippen LogP contribution in [0.2, 0.25) is 0 Å². The van der Waals surface area contributed by atoms with Gasteiger partial charge in [0.1, 0.15) is 5.82 Å². The molecule has 2 atom stereocenters. The highest BCUT2D eigenvalue weighted by Gasteiger charge is 2.22. The molecule has 1 fully saturated rings. The van der Waals surface area contributed by atoms with Crippen LogP contribution in [-0.2, 0) is 11.3 Å². The van der Waals surface area contributed by atoms with Gasteiger partial charge in [0.05, 0.1) is 17.7 Å². The predicted molar refractivity (Wildman–Crippen MR) is 81.4 cm³/mol. The summed E-state index contributed by atoms with van der Waals surface area (Å²) < 4.78 is 5.77. The number of benzene rings is 1. The molecular weight excluding hydrogens is 250 g/mol. The van der Waals surface area contributed by atoms with E-state index >= 15 is 0 Å². The molecule has 20 heavy (non-hydrogen) atoms. The topological polar surface area (TPSA) is 51.4 Å². The van der Waals surface area contributed by atoms with Gasteiger partial charge in [0.2, 0.25) is 0 Å². The third-order valence-electron chi connectivity index (χ3n) is 3.73. The van der Waals surface area contributed by atoms with E-state index in [0.717, 1.165) is 36.1 Å². The number of pyridine rings is 1. The van der Waals surface area contributed by atoms with E-state index < -0.39 is 0 Å². The largest absolute Gasteiger partial charge is 0.383 e. The SMILES string of the molecule is CC1CN(Cc2cc3ccccc3nc2N)CC(C)O1. The summed E-state index contributed by atoms with van der Waals surface area (Å²) in [5.41, 5.74) is 8.16. The zero-order valence-electron chi connectivity index (χ0n) is 12.0. The van der Waals surface area contributed by atoms with Gasteiger partial charge in [-0.3, -0.25) is 4.90 Å². The van der Waals surface area contributed by atoms with Crippen LogP contribution in [0.4, 0.5) is 5.82 Å². The Morgan fingerprint density at radius 1 is 1.25 bits per heavy atom. The number of aromatic nitrogens is 1. The summed E-state index contributed by atoms with van der Waals surface area (Å²) in [6, 6.07) is 10.2. The molecule has 1 aromatic heterocycles. The number of nitrogens with two attached hydrogens (primary N) is 1. The average Bonchev–Trinajstić information content (AvgIpc) is 2.38. The van der Waals surface area contributed by atoms with Crippen LogP contribution in [0, 0.1) is 0 Å². The van der Waals surface area contributed by atoms with Gasteiger partial charge in [-0.2, -0.15) is 0 Å². The predicted octanol–water partition coefficient (Wildman–Crippen LogP) is 2.43. The maximum atomic E-state index is 6.10. The summed E-state index contributed by atoms with van der Waals surface area (Å²) >= 11 is 0. The van der Waals surface area contributed by atoms with Crippen LogP contribution in [0.3, 0.4) is 0 Å². The second-order valence-corrected chi connectivity index (χ2v) is 5.68. The molecule has 3 rings (SSSR count). The molecule has 1 aliphatic heterocycles. The van der Waals surface area contributed by atoms with Gasteiger partial charge < -0.3 is 10.5 Å². The van der Waals surface area contributed by atoms with E-state index in [1.165, 1.54) is 0 Å². The minimum absolute atomic E-state index is 0.272. The minimum atomic E-state index is 0.272. The monoisotopic (exact) mass is 271 g/mol. The quantitative estimate of drug-likeness (QED) is 0.911. The minimum Gasteiger partial charge on any atom is -0.383 e. The van der Waals surface area contributed by atoms with Gasteiger partial charge in [-0.1, -0.05) is 18.2 Å². The van der Waals surface area contributed by atoms with Gasteiger partial charge >= 0.3 is 0 Å². The van der Waals surface area contributed by atoms with Crippen molar-refractivity contribution in [2.24, 2.45) is 0 Å². The fraction of sp³-hybridized carbons (Fsp3) is 0.438. The fourth-order valence-electron chi connectivity index (χ4n) is 2.96. The highest BCUT2D eigenvalue weighted by Crippen LogP contribution is 2.21. The lowest BCUT2D eigenvalue weighted by molar-refractivity contribution is -0.0704. The van der Waals surface area contributed by atoms with Crippen molar-refractivity contribution in [1.29, 1.82) is 0 Å². The smallest absolute Gasteiger partial charge is 0.128 e. The molecule has 1 aliphatic rings. The number of anilines is 1. The Labute approximate surface area is 119 Å². The summed E-state index contributed by atoms with van der Waals surface area (Å²) in [5, 5.41) is 1.14. The number of nitrogens with zero attached hydrogens (tertiary/aromatic N) is 2. The second kappa shape index (κ2) is 5.38. The standard InChI is InChI=1S/C16H21N3O/c1-11-8-19(9-12(2)20-11)10-14-7-13-5-3-4-6-15(13)18-16(14)17/h3-7,11-12H,8-10H2,1-2H3,(H2,17,18). The van der Waals surface area contributed by atoms with Crippen LogP contribution in [0.1, 0.15) is 19.4 Å². The first-order valence-corrected chi connectivity index (χ1v) is 7.14.